The molecule has 0 unspecified atom stereocenters. The molecule has 2 aromatic heterocycles. The molecule has 0 atom stereocenters. The van der Waals surface area contributed by atoms with Gasteiger partial charge in [0, 0.05) is 11.3 Å². The lowest BCUT2D eigenvalue weighted by Gasteiger charge is -2.22. The van der Waals surface area contributed by atoms with Crippen molar-refractivity contribution in [1.29, 1.82) is 0 Å². The lowest BCUT2D eigenvalue weighted by molar-refractivity contribution is 0.102. The van der Waals surface area contributed by atoms with Gasteiger partial charge in [-0.25, -0.2) is 0 Å². The summed E-state index contributed by atoms with van der Waals surface area (Å²) in [5.74, 6) is 1.13. The predicted octanol–water partition coefficient (Wildman–Crippen LogP) is 2.90. The van der Waals surface area contributed by atoms with E-state index in [1.807, 2.05) is 18.2 Å². The molecule has 1 aliphatic carbocycles. The highest BCUT2D eigenvalue weighted by Gasteiger charge is 2.23. The second kappa shape index (κ2) is 5.58. The van der Waals surface area contributed by atoms with Crippen LogP contribution in [-0.2, 0) is 0 Å². The molecule has 6 nitrogen and oxygen atoms in total. The molecule has 0 radical (unpaired) electrons. The summed E-state index contributed by atoms with van der Waals surface area (Å²) >= 11 is 0.930. The number of amides is 1. The third-order valence-electron chi connectivity index (χ3n) is 4.11. The number of aromatic amines is 1. The van der Waals surface area contributed by atoms with Gasteiger partial charge in [0.25, 0.3) is 5.91 Å². The Hall–Kier alpha value is -2.54. The van der Waals surface area contributed by atoms with E-state index in [0.29, 0.717) is 16.2 Å². The zero-order valence-electron chi connectivity index (χ0n) is 12.2. The van der Waals surface area contributed by atoms with E-state index in [2.05, 4.69) is 20.5 Å². The maximum atomic E-state index is 12.3. The standard InChI is InChI=1S/C16H14N4O2S/c21-14(18-16-17-13(19-20-16)9-5-3-6-9)12-8-10-4-1-2-7-11(10)15(22)23-12/h1-2,4,7-9H,3,5-6H2,(H2,17,18,19,20,21). The van der Waals surface area contributed by atoms with Gasteiger partial charge in [0.15, 0.2) is 0 Å². The predicted molar refractivity (Wildman–Crippen MR) is 89.0 cm³/mol. The van der Waals surface area contributed by atoms with E-state index < -0.39 is 0 Å². The fourth-order valence-electron chi connectivity index (χ4n) is 2.60. The number of nitrogens with zero attached hydrogens (tertiary/aromatic N) is 2. The van der Waals surface area contributed by atoms with Gasteiger partial charge in [-0.05, 0) is 30.4 Å². The normalized spacial score (nSPS) is 14.6. The Bertz CT molecular complexity index is 942. The van der Waals surface area contributed by atoms with Gasteiger partial charge in [-0.3, -0.25) is 20.0 Å². The summed E-state index contributed by atoms with van der Waals surface area (Å²) < 4.78 is -0.126. The van der Waals surface area contributed by atoms with Crippen LogP contribution in [0.3, 0.4) is 0 Å². The van der Waals surface area contributed by atoms with E-state index in [-0.39, 0.29) is 16.6 Å². The van der Waals surface area contributed by atoms with E-state index in [9.17, 15) is 9.59 Å². The molecule has 1 saturated carbocycles. The minimum Gasteiger partial charge on any atom is -0.288 e. The molecule has 23 heavy (non-hydrogen) atoms. The first kappa shape index (κ1) is 14.1. The molecular weight excluding hydrogens is 312 g/mol. The van der Waals surface area contributed by atoms with Gasteiger partial charge in [-0.1, -0.05) is 36.0 Å². The fourth-order valence-corrected chi connectivity index (χ4v) is 3.43. The quantitative estimate of drug-likeness (QED) is 0.774. The second-order valence-corrected chi connectivity index (χ2v) is 6.63. The molecule has 1 fully saturated rings. The van der Waals surface area contributed by atoms with Crippen LogP contribution in [0, 0.1) is 0 Å². The summed E-state index contributed by atoms with van der Waals surface area (Å²) in [6.07, 6.45) is 3.42. The lowest BCUT2D eigenvalue weighted by atomic mass is 9.85. The Morgan fingerprint density at radius 2 is 2.13 bits per heavy atom. The van der Waals surface area contributed by atoms with Crippen LogP contribution in [0.4, 0.5) is 5.95 Å². The largest absolute Gasteiger partial charge is 0.288 e. The van der Waals surface area contributed by atoms with Gasteiger partial charge in [0.2, 0.25) is 10.7 Å². The fraction of sp³-hybridized carbons (Fsp3) is 0.250. The molecule has 0 aliphatic heterocycles. The molecule has 3 aromatic rings. The van der Waals surface area contributed by atoms with Crippen LogP contribution in [0.15, 0.2) is 35.1 Å². The number of hydrogen-bond acceptors (Lipinski definition) is 5. The van der Waals surface area contributed by atoms with Crippen molar-refractivity contribution in [3.05, 3.63) is 50.6 Å². The summed E-state index contributed by atoms with van der Waals surface area (Å²) in [7, 11) is 0. The van der Waals surface area contributed by atoms with Crippen molar-refractivity contribution >= 4 is 34.0 Å². The number of fused-ring (bicyclic) bond motifs is 1. The number of hydrogen-bond donors (Lipinski definition) is 2. The number of benzene rings is 1. The number of carbonyl (C=O) groups excluding carboxylic acids is 1. The minimum absolute atomic E-state index is 0.126. The lowest BCUT2D eigenvalue weighted by Crippen LogP contribution is -2.14. The van der Waals surface area contributed by atoms with Crippen LogP contribution in [0.2, 0.25) is 0 Å². The number of anilines is 1. The molecule has 0 saturated heterocycles. The molecule has 0 spiro atoms. The summed E-state index contributed by atoms with van der Waals surface area (Å²) in [5.41, 5.74) is 0. The number of nitrogens with one attached hydrogen (secondary N) is 2. The van der Waals surface area contributed by atoms with Gasteiger partial charge in [-0.2, -0.15) is 4.98 Å². The van der Waals surface area contributed by atoms with E-state index in [1.54, 1.807) is 12.1 Å². The summed E-state index contributed by atoms with van der Waals surface area (Å²) in [6, 6.07) is 8.95. The zero-order chi connectivity index (χ0) is 15.8. The van der Waals surface area contributed by atoms with Crippen LogP contribution in [0.25, 0.3) is 10.8 Å². The first-order valence-electron chi connectivity index (χ1n) is 7.47. The Balaban J connectivity index is 1.59. The highest BCUT2D eigenvalue weighted by Crippen LogP contribution is 2.34. The Labute approximate surface area is 135 Å². The topological polar surface area (TPSA) is 87.7 Å². The van der Waals surface area contributed by atoms with Crippen LogP contribution in [0.1, 0.15) is 40.7 Å². The summed E-state index contributed by atoms with van der Waals surface area (Å²) in [5, 5.41) is 10.9. The summed E-state index contributed by atoms with van der Waals surface area (Å²) in [6.45, 7) is 0. The first-order chi connectivity index (χ1) is 11.2. The molecule has 0 bridgehead atoms. The van der Waals surface area contributed by atoms with Gasteiger partial charge < -0.3 is 0 Å². The molecule has 1 aromatic carbocycles. The second-order valence-electron chi connectivity index (χ2n) is 5.61. The smallest absolute Gasteiger partial charge is 0.268 e. The molecule has 7 heteroatoms. The molecule has 1 aliphatic rings. The number of carbonyl (C=O) groups is 1. The third kappa shape index (κ3) is 2.63. The highest BCUT2D eigenvalue weighted by atomic mass is 32.1. The van der Waals surface area contributed by atoms with E-state index in [1.165, 1.54) is 6.42 Å². The minimum atomic E-state index is -0.364. The number of aromatic nitrogens is 3. The van der Waals surface area contributed by atoms with Gasteiger partial charge in [0.1, 0.15) is 5.82 Å². The maximum Gasteiger partial charge on any atom is 0.268 e. The van der Waals surface area contributed by atoms with Crippen molar-refractivity contribution in [2.45, 2.75) is 25.2 Å². The number of H-pyrrole nitrogens is 1. The highest BCUT2D eigenvalue weighted by molar-refractivity contribution is 7.12. The monoisotopic (exact) mass is 326 g/mol. The van der Waals surface area contributed by atoms with Crippen molar-refractivity contribution in [3.63, 3.8) is 0 Å². The third-order valence-corrected chi connectivity index (χ3v) is 5.04. The average Bonchev–Trinajstić information content (AvgIpc) is 2.93. The van der Waals surface area contributed by atoms with Crippen LogP contribution < -0.4 is 10.1 Å². The molecule has 4 rings (SSSR count). The molecule has 116 valence electrons. The zero-order valence-corrected chi connectivity index (χ0v) is 13.0. The Morgan fingerprint density at radius 1 is 1.30 bits per heavy atom. The number of rotatable bonds is 3. The SMILES string of the molecule is O=C(Nc1n[nH]c(C2CCC2)n1)c1cc2ccccc2c(=O)s1. The van der Waals surface area contributed by atoms with Gasteiger partial charge in [-0.15, -0.1) is 5.10 Å². The molecular formula is C16H14N4O2S. The van der Waals surface area contributed by atoms with Crippen molar-refractivity contribution < 1.29 is 4.79 Å². The average molecular weight is 326 g/mol. The first-order valence-corrected chi connectivity index (χ1v) is 8.29. The van der Waals surface area contributed by atoms with Crippen molar-refractivity contribution in [1.82, 2.24) is 15.2 Å². The van der Waals surface area contributed by atoms with Crippen molar-refractivity contribution in [2.75, 3.05) is 5.32 Å². The van der Waals surface area contributed by atoms with E-state index in [4.69, 9.17) is 0 Å². The molecule has 2 N–H and O–H groups in total. The van der Waals surface area contributed by atoms with E-state index in [0.717, 1.165) is 35.4 Å². The van der Waals surface area contributed by atoms with Gasteiger partial charge >= 0.3 is 0 Å². The van der Waals surface area contributed by atoms with Crippen molar-refractivity contribution in [2.24, 2.45) is 0 Å². The van der Waals surface area contributed by atoms with Crippen LogP contribution in [-0.4, -0.2) is 21.1 Å². The Morgan fingerprint density at radius 3 is 2.91 bits per heavy atom. The summed E-state index contributed by atoms with van der Waals surface area (Å²) in [4.78, 5) is 29.1. The Kier molecular flexibility index (Phi) is 3.42. The van der Waals surface area contributed by atoms with Crippen LogP contribution >= 0.6 is 11.3 Å². The molecule has 1 amide bonds. The molecule has 2 heterocycles. The maximum absolute atomic E-state index is 12.3. The van der Waals surface area contributed by atoms with Crippen LogP contribution in [0.5, 0.6) is 0 Å². The van der Waals surface area contributed by atoms with Crippen molar-refractivity contribution in [3.8, 4) is 0 Å². The van der Waals surface area contributed by atoms with E-state index >= 15 is 0 Å². The van der Waals surface area contributed by atoms with Gasteiger partial charge in [0.05, 0.1) is 4.88 Å².